The van der Waals surface area contributed by atoms with Gasteiger partial charge in [-0.25, -0.2) is 4.90 Å². The molecule has 3 aromatic carbocycles. The van der Waals surface area contributed by atoms with Gasteiger partial charge in [0.2, 0.25) is 0 Å². The van der Waals surface area contributed by atoms with Gasteiger partial charge in [0.25, 0.3) is 23.4 Å². The van der Waals surface area contributed by atoms with Crippen LogP contribution in [-0.2, 0) is 0 Å². The van der Waals surface area contributed by atoms with E-state index < -0.39 is 16.7 Å². The van der Waals surface area contributed by atoms with E-state index >= 15 is 0 Å². The first-order valence-corrected chi connectivity index (χ1v) is 9.76. The van der Waals surface area contributed by atoms with Gasteiger partial charge < -0.3 is 5.32 Å². The molecule has 0 saturated heterocycles. The average Bonchev–Trinajstić information content (AvgIpc) is 2.75. The molecule has 0 aromatic heterocycles. The Kier molecular flexibility index (Phi) is 4.98. The highest BCUT2D eigenvalue weighted by molar-refractivity contribution is 6.36. The number of amides is 3. The lowest BCUT2D eigenvalue weighted by molar-refractivity contribution is -0.383. The molecule has 4 rings (SSSR count). The van der Waals surface area contributed by atoms with Crippen LogP contribution in [0, 0.1) is 16.0 Å². The third kappa shape index (κ3) is 3.42. The number of hydrogen-bond donors (Lipinski definition) is 1. The molecule has 156 valence electrons. The molecule has 3 aromatic rings. The molecule has 0 bridgehead atoms. The number of rotatable bonds is 5. The van der Waals surface area contributed by atoms with E-state index in [1.54, 1.807) is 24.3 Å². The second-order valence-electron chi connectivity index (χ2n) is 7.71. The molecule has 0 radical (unpaired) electrons. The number of anilines is 1. The third-order valence-corrected chi connectivity index (χ3v) is 5.14. The summed E-state index contributed by atoms with van der Waals surface area (Å²) in [5.74, 6) is -1.06. The van der Waals surface area contributed by atoms with Crippen LogP contribution < -0.4 is 10.2 Å². The smallest absolute Gasteiger partial charge is 0.277 e. The molecule has 31 heavy (non-hydrogen) atoms. The topological polar surface area (TPSA) is 110 Å². The summed E-state index contributed by atoms with van der Waals surface area (Å²) in [5, 5.41) is 14.7. The van der Waals surface area contributed by atoms with Crippen molar-refractivity contribution in [2.45, 2.75) is 13.8 Å². The Morgan fingerprint density at radius 2 is 1.65 bits per heavy atom. The maximum absolute atomic E-state index is 13.1. The molecule has 0 aliphatic carbocycles. The molecular formula is C23H19N3O5. The fourth-order valence-corrected chi connectivity index (χ4v) is 3.64. The number of nitro benzene ring substituents is 1. The first-order chi connectivity index (χ1) is 14.8. The Labute approximate surface area is 177 Å². The largest absolute Gasteiger partial charge is 0.352 e. The van der Waals surface area contributed by atoms with Gasteiger partial charge in [-0.2, -0.15) is 0 Å². The summed E-state index contributed by atoms with van der Waals surface area (Å²) in [6.07, 6.45) is 0. The Morgan fingerprint density at radius 3 is 2.26 bits per heavy atom. The highest BCUT2D eigenvalue weighted by atomic mass is 16.6. The van der Waals surface area contributed by atoms with Gasteiger partial charge in [-0.3, -0.25) is 24.5 Å². The lowest BCUT2D eigenvalue weighted by Gasteiger charge is -2.27. The van der Waals surface area contributed by atoms with Crippen molar-refractivity contribution < 1.29 is 19.3 Å². The van der Waals surface area contributed by atoms with Crippen LogP contribution in [0.5, 0.6) is 0 Å². The fourth-order valence-electron chi connectivity index (χ4n) is 3.64. The van der Waals surface area contributed by atoms with Gasteiger partial charge in [0.1, 0.15) is 0 Å². The predicted molar refractivity (Wildman–Crippen MR) is 115 cm³/mol. The molecular weight excluding hydrogens is 398 g/mol. The molecule has 0 unspecified atom stereocenters. The summed E-state index contributed by atoms with van der Waals surface area (Å²) < 4.78 is 0. The first kappa shape index (κ1) is 20.2. The number of hydrogen-bond acceptors (Lipinski definition) is 5. The van der Waals surface area contributed by atoms with Crippen LogP contribution >= 0.6 is 0 Å². The maximum Gasteiger partial charge on any atom is 0.277 e. The van der Waals surface area contributed by atoms with E-state index in [4.69, 9.17) is 0 Å². The van der Waals surface area contributed by atoms with Gasteiger partial charge in [-0.15, -0.1) is 0 Å². The van der Waals surface area contributed by atoms with Crippen LogP contribution in [0.3, 0.4) is 0 Å². The molecule has 0 saturated carbocycles. The minimum Gasteiger partial charge on any atom is -0.352 e. The van der Waals surface area contributed by atoms with Crippen molar-refractivity contribution in [2.75, 3.05) is 11.4 Å². The molecule has 1 aliphatic rings. The standard InChI is InChI=1S/C23H19N3O5/c1-13(2)12-24-21(27)14-6-8-15(9-7-14)25-22(28)17-5-3-4-16-19(26(30)31)11-10-18(20(16)17)23(25)29/h3-11,13H,12H2,1-2H3,(H,24,27). The SMILES string of the molecule is CC(C)CNC(=O)c1ccc(N2C(=O)c3cccc4c([N+](=O)[O-])ccc(c34)C2=O)cc1. The van der Waals surface area contributed by atoms with Crippen LogP contribution in [0.1, 0.15) is 44.9 Å². The molecule has 8 heteroatoms. The predicted octanol–water partition coefficient (Wildman–Crippen LogP) is 3.93. The van der Waals surface area contributed by atoms with Crippen molar-refractivity contribution in [3.63, 3.8) is 0 Å². The van der Waals surface area contributed by atoms with Gasteiger partial charge in [0.05, 0.1) is 16.0 Å². The van der Waals surface area contributed by atoms with Crippen LogP contribution in [0.25, 0.3) is 10.8 Å². The van der Waals surface area contributed by atoms with Crippen LogP contribution in [0.15, 0.2) is 54.6 Å². The average molecular weight is 417 g/mol. The molecule has 0 spiro atoms. The molecule has 8 nitrogen and oxygen atoms in total. The van der Waals surface area contributed by atoms with Crippen molar-refractivity contribution in [1.82, 2.24) is 5.32 Å². The summed E-state index contributed by atoms with van der Waals surface area (Å²) in [4.78, 5) is 50.4. The zero-order valence-corrected chi connectivity index (χ0v) is 16.9. The number of carbonyl (C=O) groups excluding carboxylic acids is 3. The van der Waals surface area contributed by atoms with Gasteiger partial charge in [0, 0.05) is 34.7 Å². The summed E-state index contributed by atoms with van der Waals surface area (Å²) in [5.41, 5.74) is 1.01. The highest BCUT2D eigenvalue weighted by Crippen LogP contribution is 2.36. The van der Waals surface area contributed by atoms with Crippen LogP contribution in [0.4, 0.5) is 11.4 Å². The second-order valence-corrected chi connectivity index (χ2v) is 7.71. The number of nitrogens with one attached hydrogen (secondary N) is 1. The van der Waals surface area contributed by atoms with Crippen molar-refractivity contribution in [2.24, 2.45) is 5.92 Å². The van der Waals surface area contributed by atoms with Crippen molar-refractivity contribution in [3.05, 3.63) is 81.4 Å². The van der Waals surface area contributed by atoms with Crippen molar-refractivity contribution in [1.29, 1.82) is 0 Å². The number of nitrogens with zero attached hydrogens (tertiary/aromatic N) is 2. The molecule has 1 heterocycles. The summed E-state index contributed by atoms with van der Waals surface area (Å²) in [6.45, 7) is 4.52. The first-order valence-electron chi connectivity index (χ1n) is 9.76. The quantitative estimate of drug-likeness (QED) is 0.384. The lowest BCUT2D eigenvalue weighted by Crippen LogP contribution is -2.40. The van der Waals surface area contributed by atoms with Gasteiger partial charge in [-0.1, -0.05) is 19.9 Å². The monoisotopic (exact) mass is 417 g/mol. The van der Waals surface area contributed by atoms with E-state index in [2.05, 4.69) is 5.32 Å². The molecule has 1 aliphatic heterocycles. The minimum absolute atomic E-state index is 0.161. The summed E-state index contributed by atoms with van der Waals surface area (Å²) in [7, 11) is 0. The Morgan fingerprint density at radius 1 is 1.00 bits per heavy atom. The van der Waals surface area contributed by atoms with Gasteiger partial charge in [-0.05, 0) is 48.4 Å². The molecule has 1 N–H and O–H groups in total. The van der Waals surface area contributed by atoms with E-state index in [-0.39, 0.29) is 33.5 Å². The van der Waals surface area contributed by atoms with E-state index in [0.717, 1.165) is 4.90 Å². The normalized spacial score (nSPS) is 13.1. The summed E-state index contributed by atoms with van der Waals surface area (Å²) in [6, 6.07) is 13.5. The number of imide groups is 1. The van der Waals surface area contributed by atoms with Crippen molar-refractivity contribution >= 4 is 39.9 Å². The summed E-state index contributed by atoms with van der Waals surface area (Å²) >= 11 is 0. The zero-order chi connectivity index (χ0) is 22.3. The van der Waals surface area contributed by atoms with E-state index in [1.807, 2.05) is 13.8 Å². The number of carbonyl (C=O) groups is 3. The Balaban J connectivity index is 1.72. The fraction of sp³-hybridized carbons (Fsp3) is 0.174. The Bertz CT molecular complexity index is 1230. The highest BCUT2D eigenvalue weighted by Gasteiger charge is 2.35. The lowest BCUT2D eigenvalue weighted by atomic mass is 9.92. The van der Waals surface area contributed by atoms with Crippen molar-refractivity contribution in [3.8, 4) is 0 Å². The zero-order valence-electron chi connectivity index (χ0n) is 16.9. The van der Waals surface area contributed by atoms with E-state index in [9.17, 15) is 24.5 Å². The maximum atomic E-state index is 13.1. The number of non-ortho nitro benzene ring substituents is 1. The second kappa shape index (κ2) is 7.64. The van der Waals surface area contributed by atoms with E-state index in [1.165, 1.54) is 30.3 Å². The Hall–Kier alpha value is -4.07. The number of nitro groups is 1. The third-order valence-electron chi connectivity index (χ3n) is 5.14. The van der Waals surface area contributed by atoms with Crippen LogP contribution in [0.2, 0.25) is 0 Å². The minimum atomic E-state index is -0.569. The van der Waals surface area contributed by atoms with Gasteiger partial charge in [0.15, 0.2) is 0 Å². The molecule has 0 fully saturated rings. The number of benzene rings is 3. The van der Waals surface area contributed by atoms with Crippen LogP contribution in [-0.4, -0.2) is 29.2 Å². The molecule has 3 amide bonds. The van der Waals surface area contributed by atoms with E-state index in [0.29, 0.717) is 23.7 Å². The van der Waals surface area contributed by atoms with Gasteiger partial charge >= 0.3 is 0 Å². The molecule has 0 atom stereocenters.